The number of amides is 4. The number of carbonyl (C=O) groups is 4. The van der Waals surface area contributed by atoms with E-state index in [4.69, 9.17) is 13.3 Å². The minimum atomic E-state index is -0.118. The Morgan fingerprint density at radius 1 is 0.628 bits per heavy atom. The summed E-state index contributed by atoms with van der Waals surface area (Å²) < 4.78 is 17.5. The average molecular weight is 1070 g/mol. The van der Waals surface area contributed by atoms with Crippen molar-refractivity contribution in [3.63, 3.8) is 0 Å². The lowest BCUT2D eigenvalue weighted by Crippen LogP contribution is -2.36. The summed E-state index contributed by atoms with van der Waals surface area (Å²) in [5.41, 5.74) is 9.61. The van der Waals surface area contributed by atoms with Crippen LogP contribution in [0, 0.1) is 20.8 Å². The van der Waals surface area contributed by atoms with Crippen LogP contribution in [0.2, 0.25) is 0 Å². The van der Waals surface area contributed by atoms with Crippen LogP contribution >= 0.6 is 12.4 Å². The molecule has 0 spiro atoms. The quantitative estimate of drug-likeness (QED) is 0.110. The molecule has 0 unspecified atom stereocenters. The van der Waals surface area contributed by atoms with Crippen LogP contribution in [-0.4, -0.2) is 99.5 Å². The minimum absolute atomic E-state index is 0. The first-order chi connectivity index (χ1) is 37.3. The molecule has 4 amide bonds. The van der Waals surface area contributed by atoms with Gasteiger partial charge >= 0.3 is 0 Å². The number of aromatic nitrogens is 2. The van der Waals surface area contributed by atoms with Crippen molar-refractivity contribution < 1.29 is 32.4 Å². The molecule has 78 heavy (non-hydrogen) atoms. The Morgan fingerprint density at radius 3 is 1.41 bits per heavy atom. The number of furan rings is 3. The lowest BCUT2D eigenvalue weighted by Gasteiger charge is -2.19. The smallest absolute Gasteiger partial charge is 0.246 e. The zero-order valence-corrected chi connectivity index (χ0v) is 45.7. The van der Waals surface area contributed by atoms with Crippen molar-refractivity contribution in [2.45, 2.75) is 91.3 Å². The van der Waals surface area contributed by atoms with Gasteiger partial charge in [-0.15, -0.1) is 12.4 Å². The molecule has 0 radical (unpaired) electrons. The number of para-hydroxylation sites is 3. The molecule has 3 aromatic carbocycles. The third-order valence-electron chi connectivity index (χ3n) is 15.1. The van der Waals surface area contributed by atoms with E-state index in [0.29, 0.717) is 37.8 Å². The lowest BCUT2D eigenvalue weighted by molar-refractivity contribution is -0.126. The number of aryl methyl sites for hydroxylation is 3. The summed E-state index contributed by atoms with van der Waals surface area (Å²) in [6.07, 6.45) is 13.8. The van der Waals surface area contributed by atoms with E-state index < -0.39 is 0 Å². The number of halogens is 1. The maximum absolute atomic E-state index is 12.7. The van der Waals surface area contributed by atoms with E-state index in [9.17, 15) is 19.2 Å². The Hall–Kier alpha value is -7.89. The van der Waals surface area contributed by atoms with E-state index in [1.54, 1.807) is 60.6 Å². The van der Waals surface area contributed by atoms with Crippen LogP contribution in [0.1, 0.15) is 81.9 Å². The highest BCUT2D eigenvalue weighted by Crippen LogP contribution is 2.32. The summed E-state index contributed by atoms with van der Waals surface area (Å²) in [5.74, 6) is 3.65. The number of anilines is 2. The van der Waals surface area contributed by atoms with Crippen molar-refractivity contribution in [3.8, 4) is 0 Å². The maximum Gasteiger partial charge on any atom is 0.246 e. The van der Waals surface area contributed by atoms with Gasteiger partial charge in [-0.3, -0.25) is 29.0 Å². The Bertz CT molecular complexity index is 3390. The zero-order valence-electron chi connectivity index (χ0n) is 44.9. The normalized spacial score (nSPS) is 16.9. The second-order valence-electron chi connectivity index (χ2n) is 20.3. The highest BCUT2D eigenvalue weighted by atomic mass is 35.5. The summed E-state index contributed by atoms with van der Waals surface area (Å²) in [6.45, 7) is 10.9. The van der Waals surface area contributed by atoms with Crippen molar-refractivity contribution in [1.82, 2.24) is 34.9 Å². The SMILES string of the molecule is CNCc1oc2ccccc2c1C.Cc1c(CN(C)C(=O)/C=C/c2cnc3c(c2)CN2CCC[C@@H]2C(=O)N3)oc2ccccc12.Cc1c(CN(C)C(=O)/C=C/c2cnc3c(c2)CN2CCC[C@@H]2C(=O)N3)oc2ccccc12.Cl. The number of hydrogen-bond donors (Lipinski definition) is 3. The molecule has 2 fully saturated rings. The van der Waals surface area contributed by atoms with E-state index in [1.807, 2.05) is 99.8 Å². The second-order valence-corrected chi connectivity index (χ2v) is 20.3. The molecule has 8 aromatic rings. The number of carbonyl (C=O) groups excluding carboxylic acids is 4. The number of nitrogens with one attached hydrogen (secondary N) is 3. The molecule has 3 N–H and O–H groups in total. The van der Waals surface area contributed by atoms with Crippen molar-refractivity contribution in [2.24, 2.45) is 0 Å². The highest BCUT2D eigenvalue weighted by molar-refractivity contribution is 5.97. The molecule has 16 nitrogen and oxygen atoms in total. The Kier molecular flexibility index (Phi) is 17.0. The first-order valence-electron chi connectivity index (χ1n) is 26.3. The van der Waals surface area contributed by atoms with Crippen LogP contribution in [0.25, 0.3) is 45.1 Å². The van der Waals surface area contributed by atoms with E-state index in [-0.39, 0.29) is 48.1 Å². The first-order valence-corrected chi connectivity index (χ1v) is 26.3. The predicted molar refractivity (Wildman–Crippen MR) is 306 cm³/mol. The van der Waals surface area contributed by atoms with Crippen LogP contribution in [-0.2, 0) is 51.9 Å². The average Bonchev–Trinajstić information content (AvgIpc) is 4.30. The summed E-state index contributed by atoms with van der Waals surface area (Å²) in [4.78, 5) is 66.7. The van der Waals surface area contributed by atoms with Gasteiger partial charge in [-0.1, -0.05) is 54.6 Å². The molecule has 4 aliphatic rings. The van der Waals surface area contributed by atoms with E-state index in [2.05, 4.69) is 48.7 Å². The number of hydrogen-bond acceptors (Lipinski definition) is 12. The van der Waals surface area contributed by atoms with Gasteiger partial charge in [0.2, 0.25) is 23.6 Å². The molecule has 2 saturated heterocycles. The predicted octanol–water partition coefficient (Wildman–Crippen LogP) is 10.3. The molecule has 0 saturated carbocycles. The van der Waals surface area contributed by atoms with Gasteiger partial charge in [0.25, 0.3) is 0 Å². The number of pyridine rings is 2. The number of nitrogens with zero attached hydrogens (tertiary/aromatic N) is 6. The molecule has 12 rings (SSSR count). The first kappa shape index (κ1) is 54.9. The molecular weight excluding hydrogens is 1010 g/mol. The summed E-state index contributed by atoms with van der Waals surface area (Å²) in [7, 11) is 5.45. The highest BCUT2D eigenvalue weighted by Gasteiger charge is 2.35. The van der Waals surface area contributed by atoms with Crippen LogP contribution in [0.5, 0.6) is 0 Å². The van der Waals surface area contributed by atoms with Crippen LogP contribution in [0.15, 0.2) is 123 Å². The minimum Gasteiger partial charge on any atom is -0.459 e. The van der Waals surface area contributed by atoms with Gasteiger partial charge < -0.3 is 39.0 Å². The van der Waals surface area contributed by atoms with Gasteiger partial charge in [0, 0.05) is 90.1 Å². The van der Waals surface area contributed by atoms with Crippen molar-refractivity contribution in [1.29, 1.82) is 0 Å². The molecule has 0 bridgehead atoms. The molecule has 2 atom stereocenters. The summed E-state index contributed by atoms with van der Waals surface area (Å²) in [5, 5.41) is 12.3. The van der Waals surface area contributed by atoms with Gasteiger partial charge in [0.05, 0.1) is 31.7 Å². The standard InChI is InChI=1S/2C25H26N4O3.C11H13NO.ClH/c2*1-16-19-6-3-4-8-21(19)32-22(16)15-28(2)23(30)10-9-17-12-18-14-29-11-5-7-20(29)25(31)27-24(18)26-13-17;1-8-9-5-3-4-6-10(9)13-11(8)7-12-2;/h2*3-4,6,8-10,12-13,20H,5,7,11,14-15H2,1-2H3,(H,26,27,31);3-6,12H,7H2,1-2H3;1H/b2*10-9+;;/t2*20-;;/m11../s1. The van der Waals surface area contributed by atoms with E-state index >= 15 is 0 Å². The second kappa shape index (κ2) is 24.2. The van der Waals surface area contributed by atoms with Gasteiger partial charge in [-0.2, -0.15) is 0 Å². The molecule has 5 aromatic heterocycles. The summed E-state index contributed by atoms with van der Waals surface area (Å²) in [6, 6.07) is 27.7. The molecule has 17 heteroatoms. The molecule has 404 valence electrons. The zero-order chi connectivity index (χ0) is 53.7. The van der Waals surface area contributed by atoms with Crippen LogP contribution < -0.4 is 16.0 Å². The fourth-order valence-corrected chi connectivity index (χ4v) is 10.7. The number of rotatable bonds is 10. The number of fused-ring (bicyclic) bond motifs is 7. The molecule has 4 aliphatic heterocycles. The van der Waals surface area contributed by atoms with Crippen molar-refractivity contribution >= 4 is 92.7 Å². The van der Waals surface area contributed by atoms with Gasteiger partial charge in [0.1, 0.15) is 45.7 Å². The Balaban J connectivity index is 0.000000153. The van der Waals surface area contributed by atoms with Crippen LogP contribution in [0.4, 0.5) is 11.6 Å². The maximum atomic E-state index is 12.7. The van der Waals surface area contributed by atoms with Crippen LogP contribution in [0.3, 0.4) is 0 Å². The lowest BCUT2D eigenvalue weighted by atomic mass is 10.1. The molecule has 0 aliphatic carbocycles. The Labute approximate surface area is 459 Å². The fraction of sp³-hybridized carbons (Fsp3) is 0.311. The largest absolute Gasteiger partial charge is 0.459 e. The third-order valence-corrected chi connectivity index (χ3v) is 15.1. The fourth-order valence-electron chi connectivity index (χ4n) is 10.7. The van der Waals surface area contributed by atoms with E-state index in [0.717, 1.165) is 124 Å². The molecule has 9 heterocycles. The van der Waals surface area contributed by atoms with Gasteiger partial charge in [-0.25, -0.2) is 9.97 Å². The topological polar surface area (TPSA) is 183 Å². The Morgan fingerprint density at radius 2 is 1.01 bits per heavy atom. The summed E-state index contributed by atoms with van der Waals surface area (Å²) >= 11 is 0. The van der Waals surface area contributed by atoms with Crippen molar-refractivity contribution in [3.05, 3.63) is 166 Å². The van der Waals surface area contributed by atoms with E-state index in [1.165, 1.54) is 10.9 Å². The third kappa shape index (κ3) is 12.0. The van der Waals surface area contributed by atoms with Gasteiger partial charge in [0.15, 0.2) is 0 Å². The molecular formula is C61H66ClN9O7. The monoisotopic (exact) mass is 1070 g/mol. The van der Waals surface area contributed by atoms with Crippen molar-refractivity contribution in [2.75, 3.05) is 44.9 Å². The number of benzene rings is 3. The van der Waals surface area contributed by atoms with Gasteiger partial charge in [-0.05, 0) is 126 Å². The number of likely N-dealkylation sites (N-methyl/N-ethyl adjacent to an activating group) is 2.